The van der Waals surface area contributed by atoms with Crippen LogP contribution < -0.4 is 0 Å². The van der Waals surface area contributed by atoms with Crippen molar-refractivity contribution < 1.29 is 19.1 Å². The quantitative estimate of drug-likeness (QED) is 0.455. The smallest absolute Gasteiger partial charge is 0.330 e. The first-order chi connectivity index (χ1) is 5.56. The largest absolute Gasteiger partial charge is 0.458 e. The maximum Gasteiger partial charge on any atom is 0.330 e. The molecule has 0 aliphatic carbocycles. The Kier molecular flexibility index (Phi) is 2.17. The summed E-state index contributed by atoms with van der Waals surface area (Å²) < 4.78 is 9.48. The summed E-state index contributed by atoms with van der Waals surface area (Å²) in [7, 11) is 0. The third-order valence-corrected chi connectivity index (χ3v) is 1.56. The molecular formula is C8H10O4. The molecule has 0 spiro atoms. The Labute approximate surface area is 70.1 Å². The van der Waals surface area contributed by atoms with Gasteiger partial charge in [0, 0.05) is 6.08 Å². The summed E-state index contributed by atoms with van der Waals surface area (Å²) >= 11 is 0. The van der Waals surface area contributed by atoms with E-state index in [9.17, 15) is 9.59 Å². The SMILES string of the molecule is C=CC(=O)OCC1(C)CC(=O)O1. The fourth-order valence-electron chi connectivity index (χ4n) is 0.935. The van der Waals surface area contributed by atoms with Crippen LogP contribution in [0.15, 0.2) is 12.7 Å². The molecule has 0 radical (unpaired) electrons. The highest BCUT2D eigenvalue weighted by atomic mass is 16.6. The highest BCUT2D eigenvalue weighted by molar-refractivity contribution is 5.81. The molecule has 4 heteroatoms. The molecule has 0 N–H and O–H groups in total. The Bertz CT molecular complexity index is 223. The van der Waals surface area contributed by atoms with Crippen LogP contribution in [0.5, 0.6) is 0 Å². The summed E-state index contributed by atoms with van der Waals surface area (Å²) in [6.45, 7) is 5.05. The molecule has 4 nitrogen and oxygen atoms in total. The van der Waals surface area contributed by atoms with Gasteiger partial charge in [-0.3, -0.25) is 4.79 Å². The Morgan fingerprint density at radius 2 is 2.50 bits per heavy atom. The van der Waals surface area contributed by atoms with E-state index in [1.807, 2.05) is 0 Å². The van der Waals surface area contributed by atoms with Crippen LogP contribution in [0, 0.1) is 0 Å². The van der Waals surface area contributed by atoms with Crippen LogP contribution in [0.3, 0.4) is 0 Å². The lowest BCUT2D eigenvalue weighted by molar-refractivity contribution is -0.198. The molecule has 1 heterocycles. The van der Waals surface area contributed by atoms with E-state index in [2.05, 4.69) is 6.58 Å². The van der Waals surface area contributed by atoms with Gasteiger partial charge in [-0.2, -0.15) is 0 Å². The van der Waals surface area contributed by atoms with Gasteiger partial charge in [-0.1, -0.05) is 6.58 Å². The number of rotatable bonds is 3. The lowest BCUT2D eigenvalue weighted by Crippen LogP contribution is -2.48. The molecular weight excluding hydrogens is 160 g/mol. The minimum Gasteiger partial charge on any atom is -0.458 e. The first-order valence-electron chi connectivity index (χ1n) is 3.57. The van der Waals surface area contributed by atoms with Crippen molar-refractivity contribution in [2.75, 3.05) is 6.61 Å². The van der Waals surface area contributed by atoms with Crippen molar-refractivity contribution in [3.05, 3.63) is 12.7 Å². The number of carbonyl (C=O) groups is 2. The summed E-state index contributed by atoms with van der Waals surface area (Å²) in [5, 5.41) is 0. The van der Waals surface area contributed by atoms with E-state index >= 15 is 0 Å². The summed E-state index contributed by atoms with van der Waals surface area (Å²) in [6.07, 6.45) is 1.38. The number of ether oxygens (including phenoxy) is 2. The number of carbonyl (C=O) groups excluding carboxylic acids is 2. The van der Waals surface area contributed by atoms with E-state index in [-0.39, 0.29) is 12.6 Å². The third kappa shape index (κ3) is 1.84. The summed E-state index contributed by atoms with van der Waals surface area (Å²) in [5.41, 5.74) is -0.615. The highest BCUT2D eigenvalue weighted by Gasteiger charge is 2.42. The minimum absolute atomic E-state index is 0.101. The van der Waals surface area contributed by atoms with E-state index in [1.165, 1.54) is 0 Å². The van der Waals surface area contributed by atoms with Gasteiger partial charge in [0.1, 0.15) is 6.61 Å². The van der Waals surface area contributed by atoms with Gasteiger partial charge in [-0.15, -0.1) is 0 Å². The van der Waals surface area contributed by atoms with Crippen molar-refractivity contribution in [3.8, 4) is 0 Å². The van der Waals surface area contributed by atoms with Gasteiger partial charge in [-0.25, -0.2) is 4.79 Å². The van der Waals surface area contributed by atoms with Crippen LogP contribution in [0.2, 0.25) is 0 Å². The molecule has 1 rings (SSSR count). The Morgan fingerprint density at radius 1 is 1.92 bits per heavy atom. The van der Waals surface area contributed by atoms with Crippen molar-refractivity contribution in [1.29, 1.82) is 0 Å². The maximum atomic E-state index is 10.6. The highest BCUT2D eigenvalue weighted by Crippen LogP contribution is 2.27. The van der Waals surface area contributed by atoms with Crippen molar-refractivity contribution in [1.82, 2.24) is 0 Å². The van der Waals surface area contributed by atoms with Gasteiger partial charge >= 0.3 is 11.9 Å². The van der Waals surface area contributed by atoms with Crippen LogP contribution in [-0.4, -0.2) is 24.1 Å². The second-order valence-electron chi connectivity index (χ2n) is 2.91. The van der Waals surface area contributed by atoms with E-state index in [0.717, 1.165) is 6.08 Å². The topological polar surface area (TPSA) is 52.6 Å². The molecule has 1 fully saturated rings. The fourth-order valence-corrected chi connectivity index (χ4v) is 0.935. The van der Waals surface area contributed by atoms with Crippen molar-refractivity contribution in [2.24, 2.45) is 0 Å². The molecule has 66 valence electrons. The predicted octanol–water partition coefficient (Wildman–Crippen LogP) is 0.421. The van der Waals surface area contributed by atoms with Gasteiger partial charge in [0.2, 0.25) is 0 Å². The average Bonchev–Trinajstić information content (AvgIpc) is 1.98. The van der Waals surface area contributed by atoms with E-state index in [1.54, 1.807) is 6.92 Å². The van der Waals surface area contributed by atoms with Gasteiger partial charge in [0.25, 0.3) is 0 Å². The van der Waals surface area contributed by atoms with E-state index < -0.39 is 11.6 Å². The zero-order valence-electron chi connectivity index (χ0n) is 6.83. The van der Waals surface area contributed by atoms with Crippen LogP contribution >= 0.6 is 0 Å². The van der Waals surface area contributed by atoms with Gasteiger partial charge in [0.15, 0.2) is 5.60 Å². The van der Waals surface area contributed by atoms with Crippen LogP contribution in [0.1, 0.15) is 13.3 Å². The third-order valence-electron chi connectivity index (χ3n) is 1.56. The molecule has 1 aliphatic heterocycles. The molecule has 0 aromatic heterocycles. The molecule has 0 amide bonds. The fraction of sp³-hybridized carbons (Fsp3) is 0.500. The Morgan fingerprint density at radius 3 is 2.92 bits per heavy atom. The minimum atomic E-state index is -0.615. The lowest BCUT2D eigenvalue weighted by Gasteiger charge is -2.36. The van der Waals surface area contributed by atoms with E-state index in [4.69, 9.17) is 9.47 Å². The molecule has 12 heavy (non-hydrogen) atoms. The lowest BCUT2D eigenvalue weighted by atomic mass is 9.98. The molecule has 1 atom stereocenters. The van der Waals surface area contributed by atoms with Crippen molar-refractivity contribution in [2.45, 2.75) is 18.9 Å². The summed E-state index contributed by atoms with van der Waals surface area (Å²) in [6, 6.07) is 0. The standard InChI is InChI=1S/C8H10O4/c1-3-6(9)11-5-8(2)4-7(10)12-8/h3H,1,4-5H2,2H3. The van der Waals surface area contributed by atoms with Gasteiger partial charge < -0.3 is 9.47 Å². The monoisotopic (exact) mass is 170 g/mol. The molecule has 1 unspecified atom stereocenters. The summed E-state index contributed by atoms with van der Waals surface area (Å²) in [5.74, 6) is -0.758. The van der Waals surface area contributed by atoms with Gasteiger partial charge in [-0.05, 0) is 6.92 Å². The van der Waals surface area contributed by atoms with Crippen molar-refractivity contribution in [3.63, 3.8) is 0 Å². The first kappa shape index (κ1) is 8.77. The predicted molar refractivity (Wildman–Crippen MR) is 40.3 cm³/mol. The number of hydrogen-bond acceptors (Lipinski definition) is 4. The van der Waals surface area contributed by atoms with E-state index in [0.29, 0.717) is 6.42 Å². The summed E-state index contributed by atoms with van der Waals surface area (Å²) in [4.78, 5) is 21.0. The molecule has 0 saturated carbocycles. The maximum absolute atomic E-state index is 10.6. The second kappa shape index (κ2) is 2.97. The zero-order valence-corrected chi connectivity index (χ0v) is 6.83. The number of hydrogen-bond donors (Lipinski definition) is 0. The number of esters is 2. The molecule has 0 aromatic carbocycles. The molecule has 1 aliphatic rings. The average molecular weight is 170 g/mol. The Balaban J connectivity index is 2.28. The molecule has 1 saturated heterocycles. The molecule has 0 aromatic rings. The van der Waals surface area contributed by atoms with Gasteiger partial charge in [0.05, 0.1) is 6.42 Å². The van der Waals surface area contributed by atoms with Crippen LogP contribution in [0.25, 0.3) is 0 Å². The van der Waals surface area contributed by atoms with Crippen molar-refractivity contribution >= 4 is 11.9 Å². The van der Waals surface area contributed by atoms with Crippen LogP contribution in [0.4, 0.5) is 0 Å². The number of cyclic esters (lactones) is 1. The normalized spacial score (nSPS) is 26.9. The second-order valence-corrected chi connectivity index (χ2v) is 2.91. The van der Waals surface area contributed by atoms with Crippen LogP contribution in [-0.2, 0) is 19.1 Å². The Hall–Kier alpha value is -1.32. The molecule has 0 bridgehead atoms. The first-order valence-corrected chi connectivity index (χ1v) is 3.57. The zero-order chi connectivity index (χ0) is 9.19.